The summed E-state index contributed by atoms with van der Waals surface area (Å²) in [5, 5.41) is 13.0. The Labute approximate surface area is 142 Å². The van der Waals surface area contributed by atoms with Gasteiger partial charge in [-0.05, 0) is 76.5 Å². The Balaban J connectivity index is 1.59. The summed E-state index contributed by atoms with van der Waals surface area (Å²) >= 11 is 0. The van der Waals surface area contributed by atoms with Gasteiger partial charge in [0.05, 0.1) is 0 Å². The molecule has 4 heteroatoms. The maximum atomic E-state index is 9.38. The van der Waals surface area contributed by atoms with Crippen molar-refractivity contribution in [3.05, 3.63) is 0 Å². The van der Waals surface area contributed by atoms with E-state index in [4.69, 9.17) is 0 Å². The van der Waals surface area contributed by atoms with Crippen LogP contribution in [0.4, 0.5) is 0 Å². The molecule has 3 fully saturated rings. The van der Waals surface area contributed by atoms with E-state index in [-0.39, 0.29) is 0 Å². The molecule has 0 aromatic carbocycles. The van der Waals surface area contributed by atoms with Gasteiger partial charge in [0, 0.05) is 31.8 Å². The maximum Gasteiger partial charge on any atom is 0.0445 e. The zero-order valence-corrected chi connectivity index (χ0v) is 15.1. The van der Waals surface area contributed by atoms with Crippen molar-refractivity contribution in [3.8, 4) is 0 Å². The summed E-state index contributed by atoms with van der Waals surface area (Å²) in [7, 11) is 0. The van der Waals surface area contributed by atoms with E-state index >= 15 is 0 Å². The Morgan fingerprint density at radius 1 is 1.04 bits per heavy atom. The van der Waals surface area contributed by atoms with E-state index in [2.05, 4.69) is 22.0 Å². The van der Waals surface area contributed by atoms with Crippen LogP contribution in [0.25, 0.3) is 0 Å². The Morgan fingerprint density at radius 2 is 1.87 bits per heavy atom. The minimum atomic E-state index is 0.348. The molecule has 0 amide bonds. The molecule has 3 unspecified atom stereocenters. The first-order valence-corrected chi connectivity index (χ1v) is 10.1. The Morgan fingerprint density at radius 3 is 2.65 bits per heavy atom. The lowest BCUT2D eigenvalue weighted by molar-refractivity contribution is 0.0373. The van der Waals surface area contributed by atoms with Gasteiger partial charge >= 0.3 is 0 Å². The average molecular weight is 324 g/mol. The average Bonchev–Trinajstić information content (AvgIpc) is 2.58. The van der Waals surface area contributed by atoms with E-state index in [1.54, 1.807) is 0 Å². The van der Waals surface area contributed by atoms with Gasteiger partial charge in [-0.15, -0.1) is 0 Å². The van der Waals surface area contributed by atoms with Crippen LogP contribution in [-0.2, 0) is 0 Å². The van der Waals surface area contributed by atoms with Crippen LogP contribution in [0, 0.1) is 11.8 Å². The predicted molar refractivity (Wildman–Crippen MR) is 95.7 cm³/mol. The largest absolute Gasteiger partial charge is 0.396 e. The monoisotopic (exact) mass is 323 g/mol. The molecule has 3 rings (SSSR count). The van der Waals surface area contributed by atoms with Crippen molar-refractivity contribution in [3.63, 3.8) is 0 Å². The smallest absolute Gasteiger partial charge is 0.0445 e. The van der Waals surface area contributed by atoms with Gasteiger partial charge in [0.2, 0.25) is 0 Å². The first-order chi connectivity index (χ1) is 11.3. The normalized spacial score (nSPS) is 35.5. The van der Waals surface area contributed by atoms with Crippen molar-refractivity contribution in [2.45, 2.75) is 64.0 Å². The summed E-state index contributed by atoms with van der Waals surface area (Å²) in [6.45, 7) is 10.2. The summed E-state index contributed by atoms with van der Waals surface area (Å²) in [5.41, 5.74) is 0. The highest BCUT2D eigenvalue weighted by molar-refractivity contribution is 4.91. The molecule has 134 valence electrons. The number of nitrogens with zero attached hydrogens (tertiary/aromatic N) is 2. The molecule has 0 aromatic rings. The predicted octanol–water partition coefficient (Wildman–Crippen LogP) is 1.93. The lowest BCUT2D eigenvalue weighted by atomic mass is 9.87. The third-order valence-corrected chi connectivity index (χ3v) is 6.56. The van der Waals surface area contributed by atoms with Gasteiger partial charge in [-0.1, -0.05) is 13.3 Å². The van der Waals surface area contributed by atoms with Crippen molar-refractivity contribution in [2.24, 2.45) is 11.8 Å². The van der Waals surface area contributed by atoms with Crippen molar-refractivity contribution < 1.29 is 5.11 Å². The van der Waals surface area contributed by atoms with Crippen molar-refractivity contribution in [2.75, 3.05) is 45.9 Å². The molecule has 3 saturated heterocycles. The van der Waals surface area contributed by atoms with Crippen LogP contribution in [0.3, 0.4) is 0 Å². The SMILES string of the molecule is CC1CCN(C2CNCCC2CN2CCCCC2CCO)CC1. The minimum Gasteiger partial charge on any atom is -0.396 e. The van der Waals surface area contributed by atoms with Crippen LogP contribution >= 0.6 is 0 Å². The molecule has 0 aromatic heterocycles. The number of piperidine rings is 3. The molecular formula is C19H37N3O. The quantitative estimate of drug-likeness (QED) is 0.811. The van der Waals surface area contributed by atoms with Crippen molar-refractivity contribution >= 4 is 0 Å². The van der Waals surface area contributed by atoms with Gasteiger partial charge in [0.1, 0.15) is 0 Å². The minimum absolute atomic E-state index is 0.348. The summed E-state index contributed by atoms with van der Waals surface area (Å²) in [4.78, 5) is 5.50. The van der Waals surface area contributed by atoms with Crippen LogP contribution < -0.4 is 5.32 Å². The number of hydrogen-bond acceptors (Lipinski definition) is 4. The first-order valence-electron chi connectivity index (χ1n) is 10.1. The Bertz CT molecular complexity index is 342. The second-order valence-corrected chi connectivity index (χ2v) is 8.20. The number of aliphatic hydroxyl groups is 1. The number of hydrogen-bond donors (Lipinski definition) is 2. The third kappa shape index (κ3) is 4.68. The standard InChI is InChI=1S/C19H37N3O/c1-16-6-11-21(12-7-16)19-14-20-9-5-17(19)15-22-10-3-2-4-18(22)8-13-23/h16-20,23H,2-15H2,1H3. The highest BCUT2D eigenvalue weighted by atomic mass is 16.3. The van der Waals surface area contributed by atoms with E-state index < -0.39 is 0 Å². The van der Waals surface area contributed by atoms with Gasteiger partial charge in [-0.25, -0.2) is 0 Å². The van der Waals surface area contributed by atoms with E-state index in [0.717, 1.165) is 24.3 Å². The summed E-state index contributed by atoms with van der Waals surface area (Å²) in [5.74, 6) is 1.72. The summed E-state index contributed by atoms with van der Waals surface area (Å²) in [6, 6.07) is 1.36. The van der Waals surface area contributed by atoms with E-state index in [9.17, 15) is 5.11 Å². The first kappa shape index (κ1) is 17.7. The molecule has 0 aliphatic carbocycles. The lowest BCUT2D eigenvalue weighted by Crippen LogP contribution is -2.56. The summed E-state index contributed by atoms with van der Waals surface area (Å²) in [6.07, 6.45) is 9.02. The molecular weight excluding hydrogens is 286 g/mol. The second-order valence-electron chi connectivity index (χ2n) is 8.20. The fraction of sp³-hybridized carbons (Fsp3) is 1.00. The molecule has 3 heterocycles. The zero-order valence-electron chi connectivity index (χ0n) is 15.1. The molecule has 2 N–H and O–H groups in total. The van der Waals surface area contributed by atoms with Crippen LogP contribution in [0.15, 0.2) is 0 Å². The fourth-order valence-electron chi connectivity index (χ4n) is 4.97. The highest BCUT2D eigenvalue weighted by Gasteiger charge is 2.34. The van der Waals surface area contributed by atoms with Gasteiger partial charge in [-0.3, -0.25) is 9.80 Å². The van der Waals surface area contributed by atoms with Crippen LogP contribution in [0.1, 0.15) is 51.9 Å². The molecule has 0 saturated carbocycles. The van der Waals surface area contributed by atoms with Gasteiger partial charge < -0.3 is 10.4 Å². The molecule has 0 spiro atoms. The van der Waals surface area contributed by atoms with E-state index in [1.165, 1.54) is 77.8 Å². The Hall–Kier alpha value is -0.160. The lowest BCUT2D eigenvalue weighted by Gasteiger charge is -2.46. The summed E-state index contributed by atoms with van der Waals surface area (Å²) < 4.78 is 0. The van der Waals surface area contributed by atoms with Crippen LogP contribution in [-0.4, -0.2) is 72.9 Å². The number of nitrogens with one attached hydrogen (secondary N) is 1. The van der Waals surface area contributed by atoms with E-state index in [1.807, 2.05) is 0 Å². The molecule has 3 aliphatic heterocycles. The fourth-order valence-corrected chi connectivity index (χ4v) is 4.97. The van der Waals surface area contributed by atoms with Crippen LogP contribution in [0.5, 0.6) is 0 Å². The zero-order chi connectivity index (χ0) is 16.1. The van der Waals surface area contributed by atoms with Crippen molar-refractivity contribution in [1.29, 1.82) is 0 Å². The Kier molecular flexibility index (Phi) is 6.75. The van der Waals surface area contributed by atoms with Gasteiger partial charge in [0.15, 0.2) is 0 Å². The molecule has 4 nitrogen and oxygen atoms in total. The van der Waals surface area contributed by atoms with Gasteiger partial charge in [0.25, 0.3) is 0 Å². The maximum absolute atomic E-state index is 9.38. The van der Waals surface area contributed by atoms with E-state index in [0.29, 0.717) is 12.6 Å². The van der Waals surface area contributed by atoms with Crippen LogP contribution in [0.2, 0.25) is 0 Å². The highest BCUT2D eigenvalue weighted by Crippen LogP contribution is 2.28. The molecule has 23 heavy (non-hydrogen) atoms. The molecule has 3 aliphatic rings. The molecule has 0 radical (unpaired) electrons. The second kappa shape index (κ2) is 8.80. The van der Waals surface area contributed by atoms with Gasteiger partial charge in [-0.2, -0.15) is 0 Å². The van der Waals surface area contributed by atoms with Crippen molar-refractivity contribution in [1.82, 2.24) is 15.1 Å². The topological polar surface area (TPSA) is 38.7 Å². The third-order valence-electron chi connectivity index (χ3n) is 6.56. The molecule has 0 bridgehead atoms. The number of aliphatic hydroxyl groups excluding tert-OH is 1. The number of likely N-dealkylation sites (tertiary alicyclic amines) is 2. The number of rotatable bonds is 5. The molecule has 3 atom stereocenters.